The van der Waals surface area contributed by atoms with E-state index in [1.165, 1.54) is 19.1 Å². The second-order valence-electron chi connectivity index (χ2n) is 3.89. The highest BCUT2D eigenvalue weighted by Crippen LogP contribution is 2.30. The summed E-state index contributed by atoms with van der Waals surface area (Å²) in [7, 11) is 1.55. The summed E-state index contributed by atoms with van der Waals surface area (Å²) >= 11 is 0. The maximum atomic E-state index is 13.4. The molecule has 1 atom stereocenters. The highest BCUT2D eigenvalue weighted by molar-refractivity contribution is 5.78. The molecule has 4 heteroatoms. The van der Waals surface area contributed by atoms with Crippen molar-refractivity contribution in [1.82, 2.24) is 0 Å². The number of methoxy groups -OCH3 is 1. The van der Waals surface area contributed by atoms with Crippen molar-refractivity contribution in [2.75, 3.05) is 7.11 Å². The number of hydrogen-bond donors (Lipinski definition) is 0. The fourth-order valence-corrected chi connectivity index (χ4v) is 1.82. The van der Waals surface area contributed by atoms with E-state index in [-0.39, 0.29) is 11.6 Å². The molecule has 0 fully saturated rings. The second kappa shape index (κ2) is 4.20. The van der Waals surface area contributed by atoms with Gasteiger partial charge < -0.3 is 4.74 Å². The minimum absolute atomic E-state index is 0.0534. The van der Waals surface area contributed by atoms with E-state index in [2.05, 4.69) is 4.99 Å². The summed E-state index contributed by atoms with van der Waals surface area (Å²) in [6.07, 6.45) is 1.46. The van der Waals surface area contributed by atoms with E-state index in [0.717, 1.165) is 12.8 Å². The van der Waals surface area contributed by atoms with Crippen LogP contribution in [-0.2, 0) is 4.74 Å². The molecule has 1 aliphatic rings. The molecular formula is C12H13F2NO. The summed E-state index contributed by atoms with van der Waals surface area (Å²) < 4.78 is 31.7. The number of nitrogens with zero attached hydrogens (tertiary/aromatic N) is 1. The summed E-state index contributed by atoms with van der Waals surface area (Å²) in [5.74, 6) is -0.390. The number of rotatable bonds is 1. The molecule has 0 aliphatic carbocycles. The van der Waals surface area contributed by atoms with E-state index in [9.17, 15) is 8.78 Å². The van der Waals surface area contributed by atoms with Crippen molar-refractivity contribution in [2.45, 2.75) is 25.8 Å². The maximum absolute atomic E-state index is 13.4. The lowest BCUT2D eigenvalue weighted by atomic mass is 10.0. The summed E-state index contributed by atoms with van der Waals surface area (Å²) in [5, 5.41) is 0. The van der Waals surface area contributed by atoms with E-state index in [1.54, 1.807) is 7.11 Å². The van der Waals surface area contributed by atoms with Gasteiger partial charge in [-0.3, -0.25) is 0 Å². The van der Waals surface area contributed by atoms with Crippen LogP contribution in [-0.4, -0.2) is 13.0 Å². The van der Waals surface area contributed by atoms with Gasteiger partial charge in [-0.25, -0.2) is 13.8 Å². The van der Waals surface area contributed by atoms with Crippen LogP contribution in [0.1, 0.15) is 30.0 Å². The lowest BCUT2D eigenvalue weighted by Gasteiger charge is -2.08. The molecule has 0 bridgehead atoms. The predicted molar refractivity (Wildman–Crippen MR) is 57.5 cm³/mol. The molecule has 2 nitrogen and oxygen atoms in total. The van der Waals surface area contributed by atoms with Crippen LogP contribution in [0, 0.1) is 18.6 Å². The van der Waals surface area contributed by atoms with Gasteiger partial charge in [-0.15, -0.1) is 0 Å². The largest absolute Gasteiger partial charge is 0.484 e. The minimum atomic E-state index is -0.518. The molecule has 1 unspecified atom stereocenters. The first kappa shape index (κ1) is 11.0. The van der Waals surface area contributed by atoms with Gasteiger partial charge in [-0.1, -0.05) is 0 Å². The number of ether oxygens (including phenoxy) is 1. The van der Waals surface area contributed by atoms with Crippen molar-refractivity contribution in [3.63, 3.8) is 0 Å². The van der Waals surface area contributed by atoms with Gasteiger partial charge in [0.05, 0.1) is 13.2 Å². The Morgan fingerprint density at radius 3 is 2.44 bits per heavy atom. The first-order chi connectivity index (χ1) is 7.61. The summed E-state index contributed by atoms with van der Waals surface area (Å²) in [6.45, 7) is 1.42. The van der Waals surface area contributed by atoms with E-state index in [4.69, 9.17) is 4.74 Å². The molecule has 1 aromatic carbocycles. The summed E-state index contributed by atoms with van der Waals surface area (Å²) in [6, 6.07) is 2.52. The Bertz CT molecular complexity index is 420. The van der Waals surface area contributed by atoms with Crippen molar-refractivity contribution in [1.29, 1.82) is 0 Å². The third-order valence-corrected chi connectivity index (χ3v) is 2.86. The number of halogens is 2. The quantitative estimate of drug-likeness (QED) is 0.719. The Labute approximate surface area is 93.0 Å². The van der Waals surface area contributed by atoms with E-state index < -0.39 is 11.6 Å². The minimum Gasteiger partial charge on any atom is -0.484 e. The van der Waals surface area contributed by atoms with Crippen LogP contribution in [0.25, 0.3) is 0 Å². The zero-order valence-electron chi connectivity index (χ0n) is 9.26. The molecule has 0 radical (unpaired) electrons. The molecule has 0 aromatic heterocycles. The molecule has 86 valence electrons. The molecule has 1 aromatic rings. The standard InChI is InChI=1S/C12H13F2NO/c1-7-9(13)5-8(6-10(7)14)11-3-4-12(15-11)16-2/h5-6,11H,3-4H2,1-2H3. The normalized spacial score (nSPS) is 19.8. The predicted octanol–water partition coefficient (Wildman–Crippen LogP) is 3.15. The van der Waals surface area contributed by atoms with E-state index in [1.807, 2.05) is 0 Å². The molecule has 1 heterocycles. The Kier molecular flexibility index (Phi) is 2.90. The average molecular weight is 225 g/mol. The fourth-order valence-electron chi connectivity index (χ4n) is 1.82. The van der Waals surface area contributed by atoms with Gasteiger partial charge in [0.2, 0.25) is 0 Å². The van der Waals surface area contributed by atoms with Crippen LogP contribution in [0.3, 0.4) is 0 Å². The number of hydrogen-bond acceptors (Lipinski definition) is 2. The average Bonchev–Trinajstić information content (AvgIpc) is 2.73. The summed E-state index contributed by atoms with van der Waals surface area (Å²) in [4.78, 5) is 4.25. The van der Waals surface area contributed by atoms with Crippen molar-refractivity contribution < 1.29 is 13.5 Å². The molecule has 2 rings (SSSR count). The number of benzene rings is 1. The van der Waals surface area contributed by atoms with Gasteiger partial charge in [-0.05, 0) is 31.0 Å². The molecule has 0 N–H and O–H groups in total. The monoisotopic (exact) mass is 225 g/mol. The highest BCUT2D eigenvalue weighted by atomic mass is 19.1. The van der Waals surface area contributed by atoms with Crippen LogP contribution < -0.4 is 0 Å². The van der Waals surface area contributed by atoms with Crippen molar-refractivity contribution in [3.05, 3.63) is 34.9 Å². The zero-order chi connectivity index (χ0) is 11.7. The topological polar surface area (TPSA) is 21.6 Å². The zero-order valence-corrected chi connectivity index (χ0v) is 9.26. The van der Waals surface area contributed by atoms with Gasteiger partial charge in [0.15, 0.2) is 5.90 Å². The Balaban J connectivity index is 2.32. The van der Waals surface area contributed by atoms with Crippen molar-refractivity contribution >= 4 is 5.90 Å². The first-order valence-corrected chi connectivity index (χ1v) is 5.18. The van der Waals surface area contributed by atoms with Crippen molar-refractivity contribution in [3.8, 4) is 0 Å². The van der Waals surface area contributed by atoms with Crippen molar-refractivity contribution in [2.24, 2.45) is 4.99 Å². The lowest BCUT2D eigenvalue weighted by Crippen LogP contribution is -1.97. The molecule has 16 heavy (non-hydrogen) atoms. The SMILES string of the molecule is COC1=NC(c2cc(F)c(C)c(F)c2)CC1. The smallest absolute Gasteiger partial charge is 0.183 e. The number of aliphatic imine (C=N–C) groups is 1. The van der Waals surface area contributed by atoms with Crippen LogP contribution >= 0.6 is 0 Å². The molecule has 0 spiro atoms. The van der Waals surface area contributed by atoms with E-state index in [0.29, 0.717) is 11.5 Å². The first-order valence-electron chi connectivity index (χ1n) is 5.18. The molecule has 0 amide bonds. The third kappa shape index (κ3) is 1.92. The fraction of sp³-hybridized carbons (Fsp3) is 0.417. The van der Waals surface area contributed by atoms with Crippen LogP contribution in [0.5, 0.6) is 0 Å². The molecule has 0 saturated heterocycles. The van der Waals surface area contributed by atoms with Crippen LogP contribution in [0.2, 0.25) is 0 Å². The Morgan fingerprint density at radius 2 is 1.94 bits per heavy atom. The third-order valence-electron chi connectivity index (χ3n) is 2.86. The van der Waals surface area contributed by atoms with Crippen LogP contribution in [0.4, 0.5) is 8.78 Å². The van der Waals surface area contributed by atoms with Gasteiger partial charge in [0.25, 0.3) is 0 Å². The van der Waals surface area contributed by atoms with Gasteiger partial charge in [0, 0.05) is 12.0 Å². The lowest BCUT2D eigenvalue weighted by molar-refractivity contribution is 0.395. The maximum Gasteiger partial charge on any atom is 0.183 e. The Hall–Kier alpha value is -1.45. The van der Waals surface area contributed by atoms with Gasteiger partial charge in [0.1, 0.15) is 11.6 Å². The highest BCUT2D eigenvalue weighted by Gasteiger charge is 2.21. The Morgan fingerprint density at radius 1 is 1.31 bits per heavy atom. The second-order valence-corrected chi connectivity index (χ2v) is 3.89. The van der Waals surface area contributed by atoms with E-state index >= 15 is 0 Å². The molecular weight excluding hydrogens is 212 g/mol. The van der Waals surface area contributed by atoms with Gasteiger partial charge >= 0.3 is 0 Å². The molecule has 0 saturated carbocycles. The molecule has 1 aliphatic heterocycles. The summed E-state index contributed by atoms with van der Waals surface area (Å²) in [5.41, 5.74) is 0.630. The van der Waals surface area contributed by atoms with Crippen LogP contribution in [0.15, 0.2) is 17.1 Å². The van der Waals surface area contributed by atoms with Gasteiger partial charge in [-0.2, -0.15) is 0 Å².